The molecule has 1 atom stereocenters. The van der Waals surface area contributed by atoms with E-state index in [9.17, 15) is 38.0 Å². The van der Waals surface area contributed by atoms with Crippen molar-refractivity contribution in [3.05, 3.63) is 69.3 Å². The highest BCUT2D eigenvalue weighted by atomic mass is 19.4. The fourth-order valence-electron chi connectivity index (χ4n) is 2.36. The lowest BCUT2D eigenvalue weighted by Gasteiger charge is -2.13. The number of rotatable bonds is 5. The summed E-state index contributed by atoms with van der Waals surface area (Å²) in [6.45, 7) is 1.17. The lowest BCUT2D eigenvalue weighted by Crippen LogP contribution is -2.37. The number of nitrogens with one attached hydrogen (secondary N) is 2. The number of hydrogen-bond acceptors (Lipinski definition) is 5. The van der Waals surface area contributed by atoms with Crippen LogP contribution in [0.25, 0.3) is 0 Å². The standard InChI is InChI=1S/C18H16F3N3O5/c1-10-2-7-13(14(8-10)24(28)29)23-17(27)16(26)22-9-15(25)11-3-5-12(6-4-11)18(19,20)21/h2-8,15,25H,9H2,1H3,(H,22,26)(H,23,27). The molecule has 0 saturated heterocycles. The molecule has 3 N–H and O–H groups in total. The van der Waals surface area contributed by atoms with Crippen LogP contribution in [0, 0.1) is 17.0 Å². The Balaban J connectivity index is 1.97. The molecular formula is C18H16F3N3O5. The molecule has 11 heteroatoms. The number of aryl methyl sites for hydroxylation is 1. The first-order valence-electron chi connectivity index (χ1n) is 8.18. The van der Waals surface area contributed by atoms with Crippen molar-refractivity contribution >= 4 is 23.2 Å². The first kappa shape index (κ1) is 21.8. The van der Waals surface area contributed by atoms with Crippen LogP contribution in [-0.4, -0.2) is 28.4 Å². The van der Waals surface area contributed by atoms with Crippen molar-refractivity contribution in [3.63, 3.8) is 0 Å². The minimum atomic E-state index is -4.52. The van der Waals surface area contributed by atoms with E-state index in [4.69, 9.17) is 0 Å². The smallest absolute Gasteiger partial charge is 0.387 e. The van der Waals surface area contributed by atoms with Crippen molar-refractivity contribution in [2.45, 2.75) is 19.2 Å². The minimum absolute atomic E-state index is 0.105. The Hall–Kier alpha value is -3.47. The molecule has 0 aliphatic carbocycles. The summed E-state index contributed by atoms with van der Waals surface area (Å²) in [7, 11) is 0. The van der Waals surface area contributed by atoms with Crippen molar-refractivity contribution in [2.75, 3.05) is 11.9 Å². The molecule has 0 bridgehead atoms. The second-order valence-corrected chi connectivity index (χ2v) is 6.08. The molecule has 0 aliphatic heterocycles. The maximum absolute atomic E-state index is 12.5. The second-order valence-electron chi connectivity index (χ2n) is 6.08. The number of benzene rings is 2. The summed E-state index contributed by atoms with van der Waals surface area (Å²) < 4.78 is 37.6. The molecule has 0 fully saturated rings. The van der Waals surface area contributed by atoms with Crippen molar-refractivity contribution in [3.8, 4) is 0 Å². The average Bonchev–Trinajstić information content (AvgIpc) is 2.66. The summed E-state index contributed by atoms with van der Waals surface area (Å²) in [5.74, 6) is -2.37. The normalized spacial score (nSPS) is 12.2. The molecule has 29 heavy (non-hydrogen) atoms. The highest BCUT2D eigenvalue weighted by Gasteiger charge is 2.30. The number of aliphatic hydroxyl groups is 1. The van der Waals surface area contributed by atoms with E-state index in [1.807, 2.05) is 0 Å². The number of alkyl halides is 3. The molecule has 0 spiro atoms. The first-order chi connectivity index (χ1) is 13.5. The molecule has 0 aromatic heterocycles. The van der Waals surface area contributed by atoms with Gasteiger partial charge in [0.2, 0.25) is 0 Å². The molecule has 0 saturated carbocycles. The Morgan fingerprint density at radius 3 is 2.31 bits per heavy atom. The van der Waals surface area contributed by atoms with Gasteiger partial charge in [-0.15, -0.1) is 0 Å². The van der Waals surface area contributed by atoms with Gasteiger partial charge >= 0.3 is 18.0 Å². The van der Waals surface area contributed by atoms with Crippen LogP contribution < -0.4 is 10.6 Å². The molecule has 0 heterocycles. The summed E-state index contributed by atoms with van der Waals surface area (Å²) in [5.41, 5.74) is -0.775. The van der Waals surface area contributed by atoms with Crippen LogP contribution in [0.15, 0.2) is 42.5 Å². The molecule has 1 unspecified atom stereocenters. The van der Waals surface area contributed by atoms with Gasteiger partial charge in [0, 0.05) is 12.6 Å². The van der Waals surface area contributed by atoms with Crippen molar-refractivity contribution in [1.82, 2.24) is 5.32 Å². The zero-order chi connectivity index (χ0) is 21.8. The van der Waals surface area contributed by atoms with E-state index in [1.165, 1.54) is 18.2 Å². The van der Waals surface area contributed by atoms with E-state index < -0.39 is 46.8 Å². The minimum Gasteiger partial charge on any atom is -0.387 e. The first-order valence-corrected chi connectivity index (χ1v) is 8.18. The number of halogens is 3. The Bertz CT molecular complexity index is 929. The summed E-state index contributed by atoms with van der Waals surface area (Å²) in [5, 5.41) is 25.2. The van der Waals surface area contributed by atoms with Gasteiger partial charge in [0.25, 0.3) is 5.69 Å². The van der Waals surface area contributed by atoms with Gasteiger partial charge in [-0.05, 0) is 36.2 Å². The van der Waals surface area contributed by atoms with Crippen molar-refractivity contribution < 1.29 is 32.8 Å². The van der Waals surface area contributed by atoms with Crippen LogP contribution in [0.3, 0.4) is 0 Å². The number of aliphatic hydroxyl groups excluding tert-OH is 1. The summed E-state index contributed by atoms with van der Waals surface area (Å²) in [6, 6.07) is 7.67. The van der Waals surface area contributed by atoms with Gasteiger partial charge in [0.05, 0.1) is 16.6 Å². The topological polar surface area (TPSA) is 122 Å². The number of nitro benzene ring substituents is 1. The lowest BCUT2D eigenvalue weighted by molar-refractivity contribution is -0.384. The predicted octanol–water partition coefficient (Wildman–Crippen LogP) is 2.71. The monoisotopic (exact) mass is 411 g/mol. The number of carbonyl (C=O) groups excluding carboxylic acids is 2. The quantitative estimate of drug-likeness (QED) is 0.397. The molecule has 2 amide bonds. The highest BCUT2D eigenvalue weighted by molar-refractivity contribution is 6.39. The maximum atomic E-state index is 12.5. The second kappa shape index (κ2) is 8.69. The van der Waals surface area contributed by atoms with Crippen LogP contribution >= 0.6 is 0 Å². The molecule has 2 aromatic carbocycles. The van der Waals surface area contributed by atoms with Crippen molar-refractivity contribution in [1.29, 1.82) is 0 Å². The summed E-state index contributed by atoms with van der Waals surface area (Å²) in [4.78, 5) is 34.1. The number of anilines is 1. The average molecular weight is 411 g/mol. The molecular weight excluding hydrogens is 395 g/mol. The molecule has 0 radical (unpaired) electrons. The van der Waals surface area contributed by atoms with Crippen LogP contribution in [0.1, 0.15) is 22.8 Å². The third-order valence-electron chi connectivity index (χ3n) is 3.88. The van der Waals surface area contributed by atoms with Gasteiger partial charge < -0.3 is 15.7 Å². The van der Waals surface area contributed by atoms with E-state index in [-0.39, 0.29) is 11.3 Å². The lowest BCUT2D eigenvalue weighted by atomic mass is 10.1. The predicted molar refractivity (Wildman–Crippen MR) is 95.9 cm³/mol. The van der Waals surface area contributed by atoms with Crippen LogP contribution in [0.4, 0.5) is 24.5 Å². The highest BCUT2D eigenvalue weighted by Crippen LogP contribution is 2.30. The molecule has 2 aromatic rings. The largest absolute Gasteiger partial charge is 0.416 e. The van der Waals surface area contributed by atoms with Crippen molar-refractivity contribution in [2.24, 2.45) is 0 Å². The van der Waals surface area contributed by atoms with Gasteiger partial charge in [-0.3, -0.25) is 19.7 Å². The summed E-state index contributed by atoms with van der Waals surface area (Å²) >= 11 is 0. The van der Waals surface area contributed by atoms with E-state index >= 15 is 0 Å². The fraction of sp³-hybridized carbons (Fsp3) is 0.222. The zero-order valence-electron chi connectivity index (χ0n) is 15.0. The number of amides is 2. The summed E-state index contributed by atoms with van der Waals surface area (Å²) in [6.07, 6.45) is -5.88. The maximum Gasteiger partial charge on any atom is 0.416 e. The van der Waals surface area contributed by atoms with Crippen LogP contribution in [0.5, 0.6) is 0 Å². The number of nitrogens with zero attached hydrogens (tertiary/aromatic N) is 1. The number of nitro groups is 1. The van der Waals surface area contributed by atoms with E-state index in [0.717, 1.165) is 24.3 Å². The van der Waals surface area contributed by atoms with Crippen LogP contribution in [0.2, 0.25) is 0 Å². The number of carbonyl (C=O) groups is 2. The third-order valence-corrected chi connectivity index (χ3v) is 3.88. The Morgan fingerprint density at radius 1 is 1.14 bits per heavy atom. The van der Waals surface area contributed by atoms with E-state index in [2.05, 4.69) is 10.6 Å². The Kier molecular flexibility index (Phi) is 6.54. The van der Waals surface area contributed by atoms with Gasteiger partial charge in [-0.2, -0.15) is 13.2 Å². The van der Waals surface area contributed by atoms with Gasteiger partial charge in [-0.1, -0.05) is 18.2 Å². The van der Waals surface area contributed by atoms with Gasteiger partial charge in [0.15, 0.2) is 0 Å². The molecule has 0 aliphatic rings. The van der Waals surface area contributed by atoms with Gasteiger partial charge in [-0.25, -0.2) is 0 Å². The fourth-order valence-corrected chi connectivity index (χ4v) is 2.36. The van der Waals surface area contributed by atoms with E-state index in [1.54, 1.807) is 6.92 Å². The Morgan fingerprint density at radius 2 is 1.76 bits per heavy atom. The van der Waals surface area contributed by atoms with E-state index in [0.29, 0.717) is 5.56 Å². The number of hydrogen-bond donors (Lipinski definition) is 3. The van der Waals surface area contributed by atoms with Crippen LogP contribution in [-0.2, 0) is 15.8 Å². The SMILES string of the molecule is Cc1ccc(NC(=O)C(=O)NCC(O)c2ccc(C(F)(F)F)cc2)c([N+](=O)[O-])c1. The zero-order valence-corrected chi connectivity index (χ0v) is 15.0. The Labute approximate surface area is 162 Å². The molecule has 2 rings (SSSR count). The third kappa shape index (κ3) is 5.75. The van der Waals surface area contributed by atoms with Gasteiger partial charge in [0.1, 0.15) is 5.69 Å². The molecule has 154 valence electrons. The molecule has 8 nitrogen and oxygen atoms in total.